The molecule has 2 atom stereocenters. The lowest BCUT2D eigenvalue weighted by molar-refractivity contribution is -0.168. The summed E-state index contributed by atoms with van der Waals surface area (Å²) in [5.74, 6) is -3.67. The van der Waals surface area contributed by atoms with E-state index in [0.29, 0.717) is 0 Å². The Morgan fingerprint density at radius 2 is 1.34 bits per heavy atom. The Morgan fingerprint density at radius 3 is 1.95 bits per heavy atom. The predicted molar refractivity (Wildman–Crippen MR) is 146 cm³/mol. The van der Waals surface area contributed by atoms with Gasteiger partial charge < -0.3 is 34.3 Å². The topological polar surface area (TPSA) is 190 Å². The summed E-state index contributed by atoms with van der Waals surface area (Å²) in [6, 6.07) is 0. The highest BCUT2D eigenvalue weighted by Gasteiger charge is 2.39. The lowest BCUT2D eigenvalue weighted by atomic mass is 9.86. The van der Waals surface area contributed by atoms with Crippen LogP contribution in [0.1, 0.15) is 52.9 Å². The number of esters is 4. The molecule has 0 fully saturated rings. The molecule has 0 aliphatic rings. The Kier molecular flexibility index (Phi) is 19.0. The fourth-order valence-electron chi connectivity index (χ4n) is 3.11. The highest BCUT2D eigenvalue weighted by molar-refractivity contribution is 8.13. The van der Waals surface area contributed by atoms with Crippen LogP contribution in [-0.4, -0.2) is 100 Å². The number of thioether (sulfide) groups is 1. The highest BCUT2D eigenvalue weighted by atomic mass is 32.2. The molecule has 0 radical (unpaired) electrons. The zero-order valence-electron chi connectivity index (χ0n) is 24.5. The highest BCUT2D eigenvalue weighted by Crippen LogP contribution is 2.25. The van der Waals surface area contributed by atoms with Gasteiger partial charge in [-0.1, -0.05) is 25.6 Å². The van der Waals surface area contributed by atoms with Crippen LogP contribution in [0.5, 0.6) is 0 Å². The van der Waals surface area contributed by atoms with Crippen LogP contribution < -0.4 is 10.6 Å². The Morgan fingerprint density at radius 1 is 0.756 bits per heavy atom. The zero-order chi connectivity index (χ0) is 31.4. The number of ether oxygens (including phenoxy) is 5. The Balaban J connectivity index is 4.90. The molecule has 0 saturated carbocycles. The quantitative estimate of drug-likeness (QED) is 0.144. The summed E-state index contributed by atoms with van der Waals surface area (Å²) in [6.45, 7) is 4.81. The number of hydrogen-bond acceptors (Lipinski definition) is 13. The van der Waals surface area contributed by atoms with E-state index in [1.807, 2.05) is 0 Å². The van der Waals surface area contributed by atoms with Crippen LogP contribution in [0.25, 0.3) is 0 Å². The summed E-state index contributed by atoms with van der Waals surface area (Å²) in [6.07, 6.45) is -1.82. The van der Waals surface area contributed by atoms with Crippen LogP contribution in [0.2, 0.25) is 0 Å². The van der Waals surface area contributed by atoms with E-state index in [0.717, 1.165) is 11.8 Å². The Labute approximate surface area is 244 Å². The van der Waals surface area contributed by atoms with Gasteiger partial charge in [-0.15, -0.1) is 0 Å². The van der Waals surface area contributed by atoms with Crippen molar-refractivity contribution in [2.45, 2.75) is 59.0 Å². The summed E-state index contributed by atoms with van der Waals surface area (Å²) in [7, 11) is 3.70. The van der Waals surface area contributed by atoms with Crippen LogP contribution in [-0.2, 0) is 57.2 Å². The van der Waals surface area contributed by atoms with Crippen LogP contribution in [0.3, 0.4) is 0 Å². The maximum atomic E-state index is 13.0. The second-order valence-electron chi connectivity index (χ2n) is 9.56. The van der Waals surface area contributed by atoms with Crippen LogP contribution >= 0.6 is 11.8 Å². The minimum atomic E-state index is -1.34. The first-order valence-electron chi connectivity index (χ1n) is 13.0. The van der Waals surface area contributed by atoms with Crippen molar-refractivity contribution in [3.05, 3.63) is 0 Å². The fourth-order valence-corrected chi connectivity index (χ4v) is 3.86. The standard InChI is InChI=1S/C26H42N2O12S/c1-17(25(35)38-6)15-39-16-26(2,3)23(40-21(32)8-7-19(30)36-4)24(34)28-12-9-18(29)27-13-10-22(33)41-14-11-20(31)37-5/h17,23H,7-16H2,1-6H3,(H,27,29)(H,28,34)/t17?,23-/m0/s1. The van der Waals surface area contributed by atoms with Crippen molar-refractivity contribution in [3.63, 3.8) is 0 Å². The van der Waals surface area contributed by atoms with Crippen molar-refractivity contribution in [3.8, 4) is 0 Å². The van der Waals surface area contributed by atoms with Crippen LogP contribution in [0.4, 0.5) is 0 Å². The van der Waals surface area contributed by atoms with Gasteiger partial charge in [0.05, 0.1) is 59.7 Å². The van der Waals surface area contributed by atoms with Crippen LogP contribution in [0, 0.1) is 11.3 Å². The van der Waals surface area contributed by atoms with E-state index in [1.165, 1.54) is 21.3 Å². The summed E-state index contributed by atoms with van der Waals surface area (Å²) in [5.41, 5.74) is -1.06. The third-order valence-electron chi connectivity index (χ3n) is 5.50. The first-order valence-corrected chi connectivity index (χ1v) is 13.9. The summed E-state index contributed by atoms with van der Waals surface area (Å²) in [5, 5.41) is 4.94. The van der Waals surface area contributed by atoms with Gasteiger partial charge in [0, 0.05) is 37.1 Å². The maximum Gasteiger partial charge on any atom is 0.310 e. The molecule has 15 heteroatoms. The van der Waals surface area contributed by atoms with Crippen molar-refractivity contribution >= 4 is 52.6 Å². The first-order chi connectivity index (χ1) is 19.3. The monoisotopic (exact) mass is 606 g/mol. The van der Waals surface area contributed by atoms with Crippen molar-refractivity contribution < 1.29 is 57.2 Å². The minimum Gasteiger partial charge on any atom is -0.469 e. The molecular formula is C26H42N2O12S. The molecule has 0 aromatic rings. The molecule has 234 valence electrons. The second-order valence-corrected chi connectivity index (χ2v) is 10.7. The van der Waals surface area contributed by atoms with Crippen molar-refractivity contribution in [1.29, 1.82) is 0 Å². The molecule has 0 aromatic heterocycles. The summed E-state index contributed by atoms with van der Waals surface area (Å²) in [4.78, 5) is 83.4. The van der Waals surface area contributed by atoms with Gasteiger partial charge in [0.2, 0.25) is 5.91 Å². The smallest absolute Gasteiger partial charge is 0.310 e. The molecule has 14 nitrogen and oxygen atoms in total. The van der Waals surface area contributed by atoms with Gasteiger partial charge in [0.1, 0.15) is 0 Å². The molecular weight excluding hydrogens is 564 g/mol. The molecule has 0 rings (SSSR count). The molecule has 2 amide bonds. The third-order valence-corrected chi connectivity index (χ3v) is 6.44. The molecule has 0 heterocycles. The first kappa shape index (κ1) is 37.8. The van der Waals surface area contributed by atoms with Crippen molar-refractivity contribution in [1.82, 2.24) is 10.6 Å². The molecule has 0 aromatic carbocycles. The number of carbonyl (C=O) groups excluding carboxylic acids is 7. The van der Waals surface area contributed by atoms with Gasteiger partial charge in [-0.3, -0.25) is 33.6 Å². The second kappa shape index (κ2) is 20.6. The third kappa shape index (κ3) is 17.3. The van der Waals surface area contributed by atoms with E-state index >= 15 is 0 Å². The minimum absolute atomic E-state index is 0.00713. The van der Waals surface area contributed by atoms with E-state index in [4.69, 9.17) is 9.47 Å². The molecule has 0 bridgehead atoms. The molecule has 0 spiro atoms. The Bertz CT molecular complexity index is 909. The van der Waals surface area contributed by atoms with E-state index < -0.39 is 53.1 Å². The number of amides is 2. The van der Waals surface area contributed by atoms with Crippen molar-refractivity contribution in [2.75, 3.05) is 53.4 Å². The van der Waals surface area contributed by atoms with Gasteiger partial charge in [-0.2, -0.15) is 0 Å². The largest absolute Gasteiger partial charge is 0.469 e. The molecule has 0 aliphatic heterocycles. The van der Waals surface area contributed by atoms with E-state index in [1.54, 1.807) is 20.8 Å². The number of hydrogen-bond donors (Lipinski definition) is 2. The average Bonchev–Trinajstić information content (AvgIpc) is 2.93. The van der Waals surface area contributed by atoms with E-state index in [-0.39, 0.29) is 69.3 Å². The number of carbonyl (C=O) groups is 7. The lowest BCUT2D eigenvalue weighted by Gasteiger charge is -2.32. The Hall–Kier alpha value is -3.20. The predicted octanol–water partition coefficient (Wildman–Crippen LogP) is 0.539. The van der Waals surface area contributed by atoms with Gasteiger partial charge >= 0.3 is 23.9 Å². The summed E-state index contributed by atoms with van der Waals surface area (Å²) >= 11 is 0.971. The fraction of sp³-hybridized carbons (Fsp3) is 0.731. The molecule has 41 heavy (non-hydrogen) atoms. The normalized spacial score (nSPS) is 12.3. The zero-order valence-corrected chi connectivity index (χ0v) is 25.3. The van der Waals surface area contributed by atoms with Gasteiger partial charge in [0.25, 0.3) is 5.91 Å². The average molecular weight is 607 g/mol. The van der Waals surface area contributed by atoms with Crippen molar-refractivity contribution in [2.24, 2.45) is 11.3 Å². The molecule has 0 saturated heterocycles. The van der Waals surface area contributed by atoms with E-state index in [2.05, 4.69) is 24.8 Å². The summed E-state index contributed by atoms with van der Waals surface area (Å²) < 4.78 is 24.7. The number of rotatable bonds is 20. The van der Waals surface area contributed by atoms with E-state index in [9.17, 15) is 33.6 Å². The molecule has 0 aliphatic carbocycles. The molecule has 1 unspecified atom stereocenters. The molecule has 2 N–H and O–H groups in total. The lowest BCUT2D eigenvalue weighted by Crippen LogP contribution is -2.49. The van der Waals surface area contributed by atoms with Gasteiger partial charge in [-0.25, -0.2) is 0 Å². The van der Waals surface area contributed by atoms with Gasteiger partial charge in [0.15, 0.2) is 11.2 Å². The number of nitrogens with one attached hydrogen (secondary N) is 2. The van der Waals surface area contributed by atoms with Gasteiger partial charge in [-0.05, 0) is 6.92 Å². The SMILES string of the molecule is COC(=O)CCSC(=O)CCNC(=O)CCNC(=O)[C@H](OC(=O)CCC(=O)OC)C(C)(C)COCC(C)C(=O)OC. The maximum absolute atomic E-state index is 13.0. The number of methoxy groups -OCH3 is 3. The van der Waals surface area contributed by atoms with Crippen LogP contribution in [0.15, 0.2) is 0 Å².